The molecule has 0 spiro atoms. The van der Waals surface area contributed by atoms with E-state index in [0.29, 0.717) is 22.4 Å². The summed E-state index contributed by atoms with van der Waals surface area (Å²) in [5.41, 5.74) is 5.36. The first-order valence-corrected chi connectivity index (χ1v) is 5.77. The zero-order valence-corrected chi connectivity index (χ0v) is 10.7. The van der Waals surface area contributed by atoms with E-state index in [9.17, 15) is 10.2 Å². The average molecular weight is 290 g/mol. The standard InChI is InChI=1S/C10H16BrN3O2/c1-2-10(5-15,6-16)14-9-8(11)3-7(12)4-13-9/h3-4,15-16H,2,5-6,12H2,1H3,(H,13,14). The molecule has 0 saturated carbocycles. The maximum atomic E-state index is 9.29. The fraction of sp³-hybridized carbons (Fsp3) is 0.500. The molecule has 0 aliphatic heterocycles. The van der Waals surface area contributed by atoms with Crippen LogP contribution in [0, 0.1) is 0 Å². The summed E-state index contributed by atoms with van der Waals surface area (Å²) >= 11 is 3.32. The Labute approximate surface area is 103 Å². The van der Waals surface area contributed by atoms with Crippen LogP contribution in [0.25, 0.3) is 0 Å². The number of aromatic nitrogens is 1. The van der Waals surface area contributed by atoms with Gasteiger partial charge < -0.3 is 21.3 Å². The normalized spacial score (nSPS) is 11.5. The number of nitrogens with two attached hydrogens (primary N) is 1. The molecule has 0 bridgehead atoms. The SMILES string of the molecule is CCC(CO)(CO)Nc1ncc(N)cc1Br. The van der Waals surface area contributed by atoms with Gasteiger partial charge in [0.1, 0.15) is 5.82 Å². The van der Waals surface area contributed by atoms with Crippen LogP contribution < -0.4 is 11.1 Å². The highest BCUT2D eigenvalue weighted by Gasteiger charge is 2.27. The number of nitrogen functional groups attached to an aromatic ring is 1. The molecule has 90 valence electrons. The first kappa shape index (κ1) is 13.2. The lowest BCUT2D eigenvalue weighted by molar-refractivity contribution is 0.132. The van der Waals surface area contributed by atoms with Crippen LogP contribution in [-0.2, 0) is 0 Å². The summed E-state index contributed by atoms with van der Waals surface area (Å²) in [6.07, 6.45) is 2.10. The number of pyridine rings is 1. The quantitative estimate of drug-likeness (QED) is 0.648. The highest BCUT2D eigenvalue weighted by atomic mass is 79.9. The topological polar surface area (TPSA) is 91.4 Å². The molecule has 5 N–H and O–H groups in total. The van der Waals surface area contributed by atoms with Crippen molar-refractivity contribution in [2.75, 3.05) is 24.3 Å². The number of hydrogen-bond acceptors (Lipinski definition) is 5. The van der Waals surface area contributed by atoms with Crippen molar-refractivity contribution in [2.24, 2.45) is 0 Å². The molecule has 1 heterocycles. The molecule has 0 radical (unpaired) electrons. The summed E-state index contributed by atoms with van der Waals surface area (Å²) in [5, 5.41) is 21.6. The molecule has 16 heavy (non-hydrogen) atoms. The largest absolute Gasteiger partial charge is 0.397 e. The van der Waals surface area contributed by atoms with E-state index in [2.05, 4.69) is 26.2 Å². The predicted molar refractivity (Wildman–Crippen MR) is 67.2 cm³/mol. The minimum absolute atomic E-state index is 0.168. The summed E-state index contributed by atoms with van der Waals surface area (Å²) in [5.74, 6) is 0.555. The molecule has 0 aliphatic carbocycles. The van der Waals surface area contributed by atoms with Crippen molar-refractivity contribution in [2.45, 2.75) is 18.9 Å². The van der Waals surface area contributed by atoms with Gasteiger partial charge in [-0.05, 0) is 28.4 Å². The van der Waals surface area contributed by atoms with Crippen molar-refractivity contribution < 1.29 is 10.2 Å². The molecule has 1 aromatic rings. The van der Waals surface area contributed by atoms with E-state index in [1.165, 1.54) is 6.20 Å². The number of nitrogens with one attached hydrogen (secondary N) is 1. The van der Waals surface area contributed by atoms with Gasteiger partial charge in [-0.25, -0.2) is 4.98 Å². The van der Waals surface area contributed by atoms with Crippen molar-refractivity contribution >= 4 is 27.4 Å². The van der Waals surface area contributed by atoms with Gasteiger partial charge in [-0.2, -0.15) is 0 Å². The zero-order valence-electron chi connectivity index (χ0n) is 9.07. The Kier molecular flexibility index (Phi) is 4.52. The van der Waals surface area contributed by atoms with Gasteiger partial charge in [0.15, 0.2) is 0 Å². The fourth-order valence-corrected chi connectivity index (χ4v) is 1.70. The number of hydrogen-bond donors (Lipinski definition) is 4. The van der Waals surface area contributed by atoms with Gasteiger partial charge in [-0.15, -0.1) is 0 Å². The Bertz CT molecular complexity index is 348. The first-order valence-electron chi connectivity index (χ1n) is 4.98. The molecule has 5 nitrogen and oxygen atoms in total. The van der Waals surface area contributed by atoms with Crippen LogP contribution >= 0.6 is 15.9 Å². The van der Waals surface area contributed by atoms with Crippen LogP contribution in [-0.4, -0.2) is 33.9 Å². The monoisotopic (exact) mass is 289 g/mol. The maximum Gasteiger partial charge on any atom is 0.141 e. The second-order valence-corrected chi connectivity index (χ2v) is 4.53. The summed E-state index contributed by atoms with van der Waals surface area (Å²) in [6, 6.07) is 1.71. The van der Waals surface area contributed by atoms with E-state index in [0.717, 1.165) is 0 Å². The molecule has 0 saturated heterocycles. The number of anilines is 2. The Hall–Kier alpha value is -0.850. The Morgan fingerprint density at radius 3 is 2.56 bits per heavy atom. The van der Waals surface area contributed by atoms with Crippen LogP contribution in [0.1, 0.15) is 13.3 Å². The number of aliphatic hydroxyl groups is 2. The maximum absolute atomic E-state index is 9.29. The van der Waals surface area contributed by atoms with Gasteiger partial charge >= 0.3 is 0 Å². The van der Waals surface area contributed by atoms with E-state index in [1.54, 1.807) is 6.07 Å². The third kappa shape index (κ3) is 2.84. The van der Waals surface area contributed by atoms with Gasteiger partial charge in [0, 0.05) is 0 Å². The third-order valence-corrected chi connectivity index (χ3v) is 3.13. The lowest BCUT2D eigenvalue weighted by Crippen LogP contribution is -2.45. The Balaban J connectivity index is 2.93. The number of halogens is 1. The first-order chi connectivity index (χ1) is 7.56. The minimum atomic E-state index is -0.758. The second-order valence-electron chi connectivity index (χ2n) is 3.67. The smallest absolute Gasteiger partial charge is 0.141 e. The van der Waals surface area contributed by atoms with E-state index in [-0.39, 0.29) is 13.2 Å². The highest BCUT2D eigenvalue weighted by Crippen LogP contribution is 2.25. The molecule has 0 aromatic carbocycles. The molecule has 0 aliphatic rings. The molecular weight excluding hydrogens is 274 g/mol. The molecule has 0 fully saturated rings. The van der Waals surface area contributed by atoms with Gasteiger partial charge in [0.25, 0.3) is 0 Å². The number of nitrogens with zero attached hydrogens (tertiary/aromatic N) is 1. The Morgan fingerprint density at radius 1 is 1.50 bits per heavy atom. The molecule has 1 aromatic heterocycles. The van der Waals surface area contributed by atoms with E-state index >= 15 is 0 Å². The van der Waals surface area contributed by atoms with Crippen LogP contribution in [0.5, 0.6) is 0 Å². The van der Waals surface area contributed by atoms with Crippen LogP contribution in [0.15, 0.2) is 16.7 Å². The lowest BCUT2D eigenvalue weighted by Gasteiger charge is -2.30. The minimum Gasteiger partial charge on any atom is -0.397 e. The molecule has 0 atom stereocenters. The second kappa shape index (κ2) is 5.47. The summed E-state index contributed by atoms with van der Waals surface area (Å²) in [7, 11) is 0. The molecule has 0 unspecified atom stereocenters. The molecular formula is C10H16BrN3O2. The van der Waals surface area contributed by atoms with Gasteiger partial charge in [-0.1, -0.05) is 6.92 Å². The van der Waals surface area contributed by atoms with Gasteiger partial charge in [0.05, 0.1) is 35.1 Å². The van der Waals surface area contributed by atoms with Gasteiger partial charge in [-0.3, -0.25) is 0 Å². The molecule has 0 amide bonds. The average Bonchev–Trinajstić information content (AvgIpc) is 2.29. The fourth-order valence-electron chi connectivity index (χ4n) is 1.24. The zero-order chi connectivity index (χ0) is 12.2. The summed E-state index contributed by atoms with van der Waals surface area (Å²) in [6.45, 7) is 1.54. The third-order valence-electron chi connectivity index (χ3n) is 2.53. The lowest BCUT2D eigenvalue weighted by atomic mass is 9.98. The van der Waals surface area contributed by atoms with Crippen molar-refractivity contribution in [1.29, 1.82) is 0 Å². The summed E-state index contributed by atoms with van der Waals surface area (Å²) < 4.78 is 0.701. The van der Waals surface area contributed by atoms with E-state index in [4.69, 9.17) is 5.73 Å². The van der Waals surface area contributed by atoms with Gasteiger partial charge in [0.2, 0.25) is 0 Å². The van der Waals surface area contributed by atoms with Crippen molar-refractivity contribution in [3.05, 3.63) is 16.7 Å². The van der Waals surface area contributed by atoms with Crippen molar-refractivity contribution in [3.63, 3.8) is 0 Å². The highest BCUT2D eigenvalue weighted by molar-refractivity contribution is 9.10. The van der Waals surface area contributed by atoms with E-state index in [1.807, 2.05) is 6.92 Å². The van der Waals surface area contributed by atoms with Crippen LogP contribution in [0.2, 0.25) is 0 Å². The van der Waals surface area contributed by atoms with Crippen molar-refractivity contribution in [1.82, 2.24) is 4.98 Å². The number of aliphatic hydroxyl groups excluding tert-OH is 2. The van der Waals surface area contributed by atoms with Crippen molar-refractivity contribution in [3.8, 4) is 0 Å². The van der Waals surface area contributed by atoms with Crippen LogP contribution in [0.4, 0.5) is 11.5 Å². The number of rotatable bonds is 5. The predicted octanol–water partition coefficient (Wildman–Crippen LogP) is 0.972. The Morgan fingerprint density at radius 2 is 2.12 bits per heavy atom. The van der Waals surface area contributed by atoms with Crippen LogP contribution in [0.3, 0.4) is 0 Å². The van der Waals surface area contributed by atoms with E-state index < -0.39 is 5.54 Å². The molecule has 1 rings (SSSR count). The summed E-state index contributed by atoms with van der Waals surface area (Å²) in [4.78, 5) is 4.10. The molecule has 6 heteroatoms.